The molecule has 2 aromatic rings. The lowest BCUT2D eigenvalue weighted by Gasteiger charge is -1.92. The molecule has 0 unspecified atom stereocenters. The predicted molar refractivity (Wildman–Crippen MR) is 58.1 cm³/mol. The van der Waals surface area contributed by atoms with E-state index < -0.39 is 5.97 Å². The van der Waals surface area contributed by atoms with Gasteiger partial charge in [-0.3, -0.25) is 0 Å². The van der Waals surface area contributed by atoms with Gasteiger partial charge in [0.25, 0.3) is 0 Å². The van der Waals surface area contributed by atoms with Crippen molar-refractivity contribution in [3.8, 4) is 5.75 Å². The summed E-state index contributed by atoms with van der Waals surface area (Å²) < 4.78 is 1.37. The van der Waals surface area contributed by atoms with Gasteiger partial charge in [0.2, 0.25) is 0 Å². The number of halogens is 1. The molecule has 0 amide bonds. The maximum atomic E-state index is 10.8. The molecule has 0 spiro atoms. The van der Waals surface area contributed by atoms with Gasteiger partial charge in [0.1, 0.15) is 10.6 Å². The second kappa shape index (κ2) is 3.25. The van der Waals surface area contributed by atoms with Gasteiger partial charge in [-0.15, -0.1) is 11.3 Å². The number of carboxylic acid groups (broad SMARTS) is 1. The minimum atomic E-state index is -0.961. The van der Waals surface area contributed by atoms with E-state index in [0.29, 0.717) is 4.47 Å². The van der Waals surface area contributed by atoms with Crippen LogP contribution in [0.15, 0.2) is 22.7 Å². The van der Waals surface area contributed by atoms with Gasteiger partial charge in [0.05, 0.1) is 4.47 Å². The van der Waals surface area contributed by atoms with E-state index in [2.05, 4.69) is 15.9 Å². The van der Waals surface area contributed by atoms with Gasteiger partial charge in [-0.2, -0.15) is 0 Å². The highest BCUT2D eigenvalue weighted by molar-refractivity contribution is 9.10. The molecule has 0 radical (unpaired) electrons. The van der Waals surface area contributed by atoms with Crippen LogP contribution < -0.4 is 0 Å². The summed E-state index contributed by atoms with van der Waals surface area (Å²) in [7, 11) is 0. The molecule has 0 bridgehead atoms. The summed E-state index contributed by atoms with van der Waals surface area (Å²) in [5.74, 6) is -0.828. The first-order valence-electron chi connectivity index (χ1n) is 3.74. The van der Waals surface area contributed by atoms with E-state index in [9.17, 15) is 9.90 Å². The minimum Gasteiger partial charge on any atom is -0.508 e. The smallest absolute Gasteiger partial charge is 0.347 e. The lowest BCUT2D eigenvalue weighted by molar-refractivity contribution is 0.0701. The molecule has 0 aliphatic rings. The number of aromatic hydroxyl groups is 1. The fourth-order valence-corrected chi connectivity index (χ4v) is 2.98. The third-order valence-electron chi connectivity index (χ3n) is 1.81. The van der Waals surface area contributed by atoms with Crippen molar-refractivity contribution in [2.45, 2.75) is 0 Å². The van der Waals surface area contributed by atoms with E-state index >= 15 is 0 Å². The number of carboxylic acids is 1. The molecule has 0 saturated heterocycles. The van der Waals surface area contributed by atoms with Crippen LogP contribution in [0.5, 0.6) is 5.75 Å². The van der Waals surface area contributed by atoms with Crippen LogP contribution in [-0.2, 0) is 0 Å². The maximum Gasteiger partial charge on any atom is 0.347 e. The van der Waals surface area contributed by atoms with E-state index in [1.807, 2.05) is 0 Å². The topological polar surface area (TPSA) is 57.5 Å². The molecule has 1 aromatic carbocycles. The van der Waals surface area contributed by atoms with Gasteiger partial charge in [-0.25, -0.2) is 4.79 Å². The van der Waals surface area contributed by atoms with E-state index in [1.54, 1.807) is 12.1 Å². The number of hydrogen-bond acceptors (Lipinski definition) is 3. The average Bonchev–Trinajstić information content (AvgIpc) is 2.44. The van der Waals surface area contributed by atoms with Gasteiger partial charge in [-0.1, -0.05) is 0 Å². The Hall–Kier alpha value is -1.07. The van der Waals surface area contributed by atoms with E-state index in [4.69, 9.17) is 5.11 Å². The van der Waals surface area contributed by atoms with Crippen molar-refractivity contribution in [2.75, 3.05) is 0 Å². The van der Waals surface area contributed by atoms with Crippen molar-refractivity contribution >= 4 is 43.3 Å². The van der Waals surface area contributed by atoms with E-state index in [1.165, 1.54) is 17.4 Å². The quantitative estimate of drug-likeness (QED) is 0.839. The third-order valence-corrected chi connectivity index (χ3v) is 4.05. The zero-order chi connectivity index (χ0) is 10.3. The Morgan fingerprint density at radius 2 is 2.14 bits per heavy atom. The molecule has 0 atom stereocenters. The molecule has 0 saturated carbocycles. The number of hydrogen-bond donors (Lipinski definition) is 2. The standard InChI is InChI=1S/C9H5BrO3S/c10-7-5-3-4(11)1-2-6(5)14-8(7)9(12)13/h1-3,11H,(H,12,13). The Bertz CT molecular complexity index is 518. The van der Waals surface area contributed by atoms with Gasteiger partial charge < -0.3 is 10.2 Å². The molecule has 14 heavy (non-hydrogen) atoms. The van der Waals surface area contributed by atoms with Crippen molar-refractivity contribution in [1.82, 2.24) is 0 Å². The van der Waals surface area contributed by atoms with Crippen molar-refractivity contribution in [1.29, 1.82) is 0 Å². The summed E-state index contributed by atoms with van der Waals surface area (Å²) in [6.45, 7) is 0. The maximum absolute atomic E-state index is 10.8. The first kappa shape index (κ1) is 9.48. The normalized spacial score (nSPS) is 10.6. The number of rotatable bonds is 1. The Morgan fingerprint density at radius 3 is 2.79 bits per heavy atom. The lowest BCUT2D eigenvalue weighted by Crippen LogP contribution is -1.91. The first-order valence-corrected chi connectivity index (χ1v) is 5.35. The van der Waals surface area contributed by atoms with Gasteiger partial charge >= 0.3 is 5.97 Å². The highest BCUT2D eigenvalue weighted by Crippen LogP contribution is 2.37. The van der Waals surface area contributed by atoms with Crippen LogP contribution in [0.2, 0.25) is 0 Å². The summed E-state index contributed by atoms with van der Waals surface area (Å²) in [5, 5.41) is 18.8. The van der Waals surface area contributed by atoms with E-state index in [-0.39, 0.29) is 10.6 Å². The van der Waals surface area contributed by atoms with Crippen LogP contribution in [-0.4, -0.2) is 16.2 Å². The summed E-state index contributed by atoms with van der Waals surface area (Å²) in [6.07, 6.45) is 0. The zero-order valence-corrected chi connectivity index (χ0v) is 9.22. The number of phenolic OH excluding ortho intramolecular Hbond substituents is 1. The second-order valence-corrected chi connectivity index (χ2v) is 4.58. The molecule has 5 heteroatoms. The summed E-state index contributed by atoms with van der Waals surface area (Å²) in [5.41, 5.74) is 0. The van der Waals surface area contributed by atoms with Crippen molar-refractivity contribution in [3.63, 3.8) is 0 Å². The van der Waals surface area contributed by atoms with Gasteiger partial charge in [0.15, 0.2) is 0 Å². The lowest BCUT2D eigenvalue weighted by atomic mass is 10.2. The number of fused-ring (bicyclic) bond motifs is 1. The number of phenols is 1. The fourth-order valence-electron chi connectivity index (χ4n) is 1.19. The Balaban J connectivity index is 2.80. The number of benzene rings is 1. The summed E-state index contributed by atoms with van der Waals surface area (Å²) >= 11 is 4.39. The molecule has 0 aliphatic heterocycles. The molecule has 1 aromatic heterocycles. The second-order valence-electron chi connectivity index (χ2n) is 2.73. The molecular formula is C9H5BrO3S. The molecular weight excluding hydrogens is 268 g/mol. The molecule has 2 N–H and O–H groups in total. The highest BCUT2D eigenvalue weighted by Gasteiger charge is 2.15. The van der Waals surface area contributed by atoms with Crippen LogP contribution >= 0.6 is 27.3 Å². The Kier molecular flexibility index (Phi) is 2.20. The molecule has 72 valence electrons. The molecule has 3 nitrogen and oxygen atoms in total. The Labute approximate surface area is 91.7 Å². The van der Waals surface area contributed by atoms with Crippen LogP contribution in [0.25, 0.3) is 10.1 Å². The fraction of sp³-hybridized carbons (Fsp3) is 0. The summed E-state index contributed by atoms with van der Waals surface area (Å²) in [6, 6.07) is 4.78. The zero-order valence-electron chi connectivity index (χ0n) is 6.82. The molecule has 2 rings (SSSR count). The monoisotopic (exact) mass is 272 g/mol. The largest absolute Gasteiger partial charge is 0.508 e. The van der Waals surface area contributed by atoms with Crippen molar-refractivity contribution in [3.05, 3.63) is 27.5 Å². The number of aromatic carboxylic acids is 1. The van der Waals surface area contributed by atoms with Crippen LogP contribution in [0.4, 0.5) is 0 Å². The van der Waals surface area contributed by atoms with Crippen LogP contribution in [0, 0.1) is 0 Å². The van der Waals surface area contributed by atoms with E-state index in [0.717, 1.165) is 10.1 Å². The molecule has 0 fully saturated rings. The first-order chi connectivity index (χ1) is 6.59. The number of carbonyl (C=O) groups is 1. The number of thiophene rings is 1. The predicted octanol–water partition coefficient (Wildman–Crippen LogP) is 3.07. The SMILES string of the molecule is O=C(O)c1sc2ccc(O)cc2c1Br. The van der Waals surface area contributed by atoms with Crippen molar-refractivity contribution in [2.24, 2.45) is 0 Å². The van der Waals surface area contributed by atoms with Crippen molar-refractivity contribution < 1.29 is 15.0 Å². The van der Waals surface area contributed by atoms with Gasteiger partial charge in [0, 0.05) is 10.1 Å². The summed E-state index contributed by atoms with van der Waals surface area (Å²) in [4.78, 5) is 11.0. The minimum absolute atomic E-state index is 0.132. The van der Waals surface area contributed by atoms with Gasteiger partial charge in [-0.05, 0) is 34.1 Å². The third kappa shape index (κ3) is 1.38. The Morgan fingerprint density at radius 1 is 1.43 bits per heavy atom. The highest BCUT2D eigenvalue weighted by atomic mass is 79.9. The van der Waals surface area contributed by atoms with Crippen LogP contribution in [0.1, 0.15) is 9.67 Å². The molecule has 0 aliphatic carbocycles. The van der Waals surface area contributed by atoms with Crippen LogP contribution in [0.3, 0.4) is 0 Å². The molecule has 1 heterocycles. The average molecular weight is 273 g/mol.